The topological polar surface area (TPSA) is 40.3 Å². The summed E-state index contributed by atoms with van der Waals surface area (Å²) in [6.07, 6.45) is 6.84. The molecule has 4 nitrogen and oxygen atoms in total. The number of likely N-dealkylation sites (tertiary alicyclic amines) is 1. The molecule has 1 aromatic heterocycles. The SMILES string of the molecule is CCCN1C[C@@H](Nc2ccc3c(c2)CCO3)C[C@@H]2c3cccc4[nH]cc(c34)C[C@H]21. The van der Waals surface area contributed by atoms with Crippen LogP contribution in [-0.2, 0) is 12.8 Å². The summed E-state index contributed by atoms with van der Waals surface area (Å²) >= 11 is 0. The molecule has 6 rings (SSSR count). The van der Waals surface area contributed by atoms with Crippen molar-refractivity contribution in [2.45, 2.75) is 50.6 Å². The van der Waals surface area contributed by atoms with Gasteiger partial charge in [0, 0.05) is 53.8 Å². The Hall–Kier alpha value is -2.46. The number of piperidine rings is 1. The van der Waals surface area contributed by atoms with Gasteiger partial charge < -0.3 is 15.0 Å². The van der Waals surface area contributed by atoms with Gasteiger partial charge in [-0.25, -0.2) is 0 Å². The molecular formula is C25H29N3O. The summed E-state index contributed by atoms with van der Waals surface area (Å²) in [5.41, 5.74) is 6.93. The molecule has 3 heterocycles. The molecule has 1 fully saturated rings. The third-order valence-electron chi connectivity index (χ3n) is 7.15. The van der Waals surface area contributed by atoms with Crippen LogP contribution in [0.3, 0.4) is 0 Å². The van der Waals surface area contributed by atoms with Crippen LogP contribution in [0.2, 0.25) is 0 Å². The number of nitrogens with zero attached hydrogens (tertiary/aromatic N) is 1. The van der Waals surface area contributed by atoms with Crippen molar-refractivity contribution in [2.75, 3.05) is 25.0 Å². The Balaban J connectivity index is 1.32. The first-order valence-electron chi connectivity index (χ1n) is 11.2. The highest BCUT2D eigenvalue weighted by Crippen LogP contribution is 2.44. The summed E-state index contributed by atoms with van der Waals surface area (Å²) in [4.78, 5) is 6.25. The van der Waals surface area contributed by atoms with Crippen LogP contribution in [-0.4, -0.2) is 41.7 Å². The molecule has 0 spiro atoms. The number of hydrogen-bond acceptors (Lipinski definition) is 3. The number of hydrogen-bond donors (Lipinski definition) is 2. The predicted molar refractivity (Wildman–Crippen MR) is 118 cm³/mol. The van der Waals surface area contributed by atoms with Crippen molar-refractivity contribution in [1.82, 2.24) is 9.88 Å². The highest BCUT2D eigenvalue weighted by atomic mass is 16.5. The van der Waals surface area contributed by atoms with E-state index < -0.39 is 0 Å². The van der Waals surface area contributed by atoms with Gasteiger partial charge in [0.25, 0.3) is 0 Å². The average molecular weight is 388 g/mol. The summed E-state index contributed by atoms with van der Waals surface area (Å²) in [5, 5.41) is 5.36. The van der Waals surface area contributed by atoms with E-state index in [1.165, 1.54) is 53.5 Å². The molecule has 29 heavy (non-hydrogen) atoms. The lowest BCUT2D eigenvalue weighted by Crippen LogP contribution is -2.53. The molecule has 1 saturated heterocycles. The molecule has 3 atom stereocenters. The van der Waals surface area contributed by atoms with E-state index in [2.05, 4.69) is 64.7 Å². The molecule has 4 heteroatoms. The van der Waals surface area contributed by atoms with E-state index in [1.54, 1.807) is 5.56 Å². The maximum absolute atomic E-state index is 5.68. The van der Waals surface area contributed by atoms with Gasteiger partial charge in [0.15, 0.2) is 0 Å². The first kappa shape index (κ1) is 17.4. The van der Waals surface area contributed by atoms with Crippen LogP contribution in [0.1, 0.15) is 42.4 Å². The van der Waals surface area contributed by atoms with Gasteiger partial charge in [-0.3, -0.25) is 4.90 Å². The van der Waals surface area contributed by atoms with Crippen LogP contribution in [0.15, 0.2) is 42.6 Å². The lowest BCUT2D eigenvalue weighted by Gasteiger charge is -2.47. The van der Waals surface area contributed by atoms with Crippen molar-refractivity contribution in [3.8, 4) is 5.75 Å². The zero-order valence-electron chi connectivity index (χ0n) is 17.1. The fourth-order valence-electron chi connectivity index (χ4n) is 5.96. The zero-order chi connectivity index (χ0) is 19.4. The Morgan fingerprint density at radius 1 is 1.21 bits per heavy atom. The molecule has 0 saturated carbocycles. The fourth-order valence-corrected chi connectivity index (χ4v) is 5.96. The summed E-state index contributed by atoms with van der Waals surface area (Å²) in [7, 11) is 0. The van der Waals surface area contributed by atoms with Gasteiger partial charge >= 0.3 is 0 Å². The van der Waals surface area contributed by atoms with Gasteiger partial charge in [-0.15, -0.1) is 0 Å². The Labute approximate surface area is 172 Å². The van der Waals surface area contributed by atoms with Gasteiger partial charge in [0.2, 0.25) is 0 Å². The molecule has 150 valence electrons. The number of fused-ring (bicyclic) bond motifs is 3. The standard InChI is InChI=1S/C25H29N3O/c1-2-9-28-15-19(27-18-6-7-24-16(11-18)8-10-29-24)13-21-20-4-3-5-22-25(20)17(14-26-22)12-23(21)28/h3-7,11,14,19,21,23,26-27H,2,8-10,12-13,15H2,1H3/t19-,21+,23+/m0/s1. The normalized spacial score (nSPS) is 25.5. The molecule has 0 radical (unpaired) electrons. The zero-order valence-corrected chi connectivity index (χ0v) is 17.1. The van der Waals surface area contributed by atoms with E-state index in [4.69, 9.17) is 4.74 Å². The lowest BCUT2D eigenvalue weighted by atomic mass is 9.73. The Bertz CT molecular complexity index is 1060. The number of nitrogens with one attached hydrogen (secondary N) is 2. The van der Waals surface area contributed by atoms with E-state index in [0.29, 0.717) is 18.0 Å². The number of ether oxygens (including phenoxy) is 1. The summed E-state index contributed by atoms with van der Waals surface area (Å²) in [6, 6.07) is 14.5. The Kier molecular flexibility index (Phi) is 4.08. The number of H-pyrrole nitrogens is 1. The smallest absolute Gasteiger partial charge is 0.122 e. The van der Waals surface area contributed by atoms with E-state index >= 15 is 0 Å². The fraction of sp³-hybridized carbons (Fsp3) is 0.440. The van der Waals surface area contributed by atoms with Crippen LogP contribution >= 0.6 is 0 Å². The van der Waals surface area contributed by atoms with E-state index in [9.17, 15) is 0 Å². The maximum atomic E-state index is 5.68. The number of aromatic amines is 1. The highest BCUT2D eigenvalue weighted by Gasteiger charge is 2.40. The van der Waals surface area contributed by atoms with Gasteiger partial charge in [-0.2, -0.15) is 0 Å². The molecule has 3 aromatic rings. The number of benzene rings is 2. The first-order chi connectivity index (χ1) is 14.3. The number of anilines is 1. The van der Waals surface area contributed by atoms with Gasteiger partial charge in [0.05, 0.1) is 6.61 Å². The summed E-state index contributed by atoms with van der Waals surface area (Å²) in [6.45, 7) is 5.42. The van der Waals surface area contributed by atoms with E-state index in [1.807, 2.05) is 0 Å². The van der Waals surface area contributed by atoms with Crippen molar-refractivity contribution < 1.29 is 4.74 Å². The van der Waals surface area contributed by atoms with Crippen molar-refractivity contribution >= 4 is 16.6 Å². The second-order valence-corrected chi connectivity index (χ2v) is 8.95. The van der Waals surface area contributed by atoms with Gasteiger partial charge in [-0.05, 0) is 66.8 Å². The molecule has 1 aliphatic carbocycles. The van der Waals surface area contributed by atoms with Crippen LogP contribution in [0.25, 0.3) is 10.9 Å². The van der Waals surface area contributed by atoms with E-state index in [0.717, 1.165) is 25.3 Å². The van der Waals surface area contributed by atoms with Crippen LogP contribution in [0.4, 0.5) is 5.69 Å². The minimum atomic E-state index is 0.471. The molecule has 0 amide bonds. The quantitative estimate of drug-likeness (QED) is 0.681. The molecular weight excluding hydrogens is 358 g/mol. The molecule has 0 unspecified atom stereocenters. The van der Waals surface area contributed by atoms with Crippen LogP contribution < -0.4 is 10.1 Å². The van der Waals surface area contributed by atoms with Crippen molar-refractivity contribution in [3.63, 3.8) is 0 Å². The number of rotatable bonds is 4. The predicted octanol–water partition coefficient (Wildman–Crippen LogP) is 4.71. The second kappa shape index (κ2) is 6.81. The minimum Gasteiger partial charge on any atom is -0.493 e. The second-order valence-electron chi connectivity index (χ2n) is 8.95. The number of aromatic nitrogens is 1. The van der Waals surface area contributed by atoms with Gasteiger partial charge in [0.1, 0.15) is 5.75 Å². The summed E-state index contributed by atoms with van der Waals surface area (Å²) < 4.78 is 5.68. The largest absolute Gasteiger partial charge is 0.493 e. The molecule has 0 bridgehead atoms. The average Bonchev–Trinajstić information content (AvgIpc) is 3.37. The first-order valence-corrected chi connectivity index (χ1v) is 11.2. The maximum Gasteiger partial charge on any atom is 0.122 e. The van der Waals surface area contributed by atoms with E-state index in [-0.39, 0.29) is 0 Å². The summed E-state index contributed by atoms with van der Waals surface area (Å²) in [5.74, 6) is 1.66. The van der Waals surface area contributed by atoms with Crippen molar-refractivity contribution in [2.24, 2.45) is 0 Å². The third kappa shape index (κ3) is 2.84. The third-order valence-corrected chi connectivity index (χ3v) is 7.15. The van der Waals surface area contributed by atoms with Gasteiger partial charge in [-0.1, -0.05) is 19.1 Å². The monoisotopic (exact) mass is 387 g/mol. The van der Waals surface area contributed by atoms with Crippen molar-refractivity contribution in [3.05, 3.63) is 59.3 Å². The highest BCUT2D eigenvalue weighted by molar-refractivity contribution is 5.88. The molecule has 2 aliphatic heterocycles. The van der Waals surface area contributed by atoms with Crippen molar-refractivity contribution in [1.29, 1.82) is 0 Å². The minimum absolute atomic E-state index is 0.471. The van der Waals surface area contributed by atoms with Crippen LogP contribution in [0.5, 0.6) is 5.75 Å². The molecule has 2 aromatic carbocycles. The Morgan fingerprint density at radius 3 is 3.10 bits per heavy atom. The Morgan fingerprint density at radius 2 is 2.17 bits per heavy atom. The lowest BCUT2D eigenvalue weighted by molar-refractivity contribution is 0.115. The van der Waals surface area contributed by atoms with Crippen LogP contribution in [0, 0.1) is 0 Å². The molecule has 3 aliphatic rings. The molecule has 2 N–H and O–H groups in total.